The van der Waals surface area contributed by atoms with Crippen LogP contribution in [0, 0.1) is 0 Å². The highest BCUT2D eigenvalue weighted by molar-refractivity contribution is 5.86. The van der Waals surface area contributed by atoms with E-state index in [2.05, 4.69) is 0 Å². The minimum absolute atomic E-state index is 0.0215. The normalized spacial score (nSPS) is 25.6. The molecule has 0 aromatic rings. The summed E-state index contributed by atoms with van der Waals surface area (Å²) >= 11 is 0. The van der Waals surface area contributed by atoms with Crippen LogP contribution >= 0.6 is 0 Å². The van der Waals surface area contributed by atoms with Crippen LogP contribution in [0.3, 0.4) is 0 Å². The molecule has 0 saturated carbocycles. The number of carbonyl (C=O) groups excluding carboxylic acids is 2. The predicted molar refractivity (Wildman–Crippen MR) is 57.6 cm³/mol. The van der Waals surface area contributed by atoms with Crippen LogP contribution in [-0.2, 0) is 9.59 Å². The van der Waals surface area contributed by atoms with Crippen molar-refractivity contribution in [3.63, 3.8) is 0 Å². The Morgan fingerprint density at radius 2 is 2.19 bits per heavy atom. The van der Waals surface area contributed by atoms with E-state index in [1.54, 1.807) is 9.80 Å². The van der Waals surface area contributed by atoms with Gasteiger partial charge in [-0.2, -0.15) is 0 Å². The molecule has 1 atom stereocenters. The van der Waals surface area contributed by atoms with Crippen LogP contribution in [0.25, 0.3) is 0 Å². The van der Waals surface area contributed by atoms with Crippen molar-refractivity contribution >= 4 is 11.8 Å². The molecule has 90 valence electrons. The van der Waals surface area contributed by atoms with Gasteiger partial charge in [-0.05, 0) is 19.3 Å². The number of hydrogen-bond acceptors (Lipinski definition) is 3. The van der Waals surface area contributed by atoms with Crippen molar-refractivity contribution < 1.29 is 14.7 Å². The molecule has 2 aliphatic heterocycles. The quantitative estimate of drug-likeness (QED) is 0.712. The van der Waals surface area contributed by atoms with Gasteiger partial charge in [-0.1, -0.05) is 0 Å². The van der Waals surface area contributed by atoms with Crippen molar-refractivity contribution in [1.29, 1.82) is 0 Å². The maximum Gasteiger partial charge on any atom is 0.242 e. The maximum atomic E-state index is 11.9. The molecule has 2 fully saturated rings. The lowest BCUT2D eigenvalue weighted by molar-refractivity contribution is -0.139. The van der Waals surface area contributed by atoms with Crippen molar-refractivity contribution in [2.24, 2.45) is 0 Å². The molecule has 0 aromatic carbocycles. The summed E-state index contributed by atoms with van der Waals surface area (Å²) < 4.78 is 0. The van der Waals surface area contributed by atoms with E-state index >= 15 is 0 Å². The zero-order valence-electron chi connectivity index (χ0n) is 9.39. The fourth-order valence-corrected chi connectivity index (χ4v) is 2.48. The van der Waals surface area contributed by atoms with Gasteiger partial charge in [0.25, 0.3) is 0 Å². The van der Waals surface area contributed by atoms with E-state index in [1.165, 1.54) is 0 Å². The zero-order chi connectivity index (χ0) is 11.5. The molecule has 1 unspecified atom stereocenters. The molecule has 2 saturated heterocycles. The van der Waals surface area contributed by atoms with E-state index in [-0.39, 0.29) is 31.0 Å². The second-order valence-electron chi connectivity index (χ2n) is 4.48. The Balaban J connectivity index is 1.89. The number of hydrogen-bond donors (Lipinski definition) is 1. The van der Waals surface area contributed by atoms with Crippen molar-refractivity contribution in [2.75, 3.05) is 26.2 Å². The molecule has 0 aromatic heterocycles. The summed E-state index contributed by atoms with van der Waals surface area (Å²) in [4.78, 5) is 26.7. The minimum atomic E-state index is -0.0368. The van der Waals surface area contributed by atoms with E-state index in [0.717, 1.165) is 19.3 Å². The summed E-state index contributed by atoms with van der Waals surface area (Å²) in [7, 11) is 0. The molecule has 2 rings (SSSR count). The Kier molecular flexibility index (Phi) is 3.43. The first kappa shape index (κ1) is 11.4. The van der Waals surface area contributed by atoms with Crippen LogP contribution in [0.15, 0.2) is 0 Å². The number of carbonyl (C=O) groups is 2. The van der Waals surface area contributed by atoms with Gasteiger partial charge in [0, 0.05) is 19.5 Å². The summed E-state index contributed by atoms with van der Waals surface area (Å²) in [6.07, 6.45) is 3.24. The third kappa shape index (κ3) is 2.19. The number of nitrogens with zero attached hydrogens (tertiary/aromatic N) is 2. The minimum Gasteiger partial charge on any atom is -0.394 e. The molecule has 0 radical (unpaired) electrons. The smallest absolute Gasteiger partial charge is 0.242 e. The fraction of sp³-hybridized carbons (Fsp3) is 0.818. The van der Waals surface area contributed by atoms with Crippen LogP contribution < -0.4 is 0 Å². The topological polar surface area (TPSA) is 60.9 Å². The number of likely N-dealkylation sites (tertiary alicyclic amines) is 2. The third-order valence-electron chi connectivity index (χ3n) is 3.41. The average Bonchev–Trinajstić information content (AvgIpc) is 2.87. The maximum absolute atomic E-state index is 11.9. The van der Waals surface area contributed by atoms with Gasteiger partial charge < -0.3 is 14.9 Å². The van der Waals surface area contributed by atoms with Crippen LogP contribution in [0.5, 0.6) is 0 Å². The summed E-state index contributed by atoms with van der Waals surface area (Å²) in [6.45, 7) is 1.63. The predicted octanol–water partition coefficient (Wildman–Crippen LogP) is -0.408. The first-order valence-electron chi connectivity index (χ1n) is 5.90. The van der Waals surface area contributed by atoms with Gasteiger partial charge in [-0.25, -0.2) is 0 Å². The van der Waals surface area contributed by atoms with Crippen molar-refractivity contribution in [1.82, 2.24) is 9.80 Å². The summed E-state index contributed by atoms with van der Waals surface area (Å²) in [5.41, 5.74) is 0. The molecule has 0 bridgehead atoms. The molecular weight excluding hydrogens is 208 g/mol. The number of rotatable bonds is 3. The van der Waals surface area contributed by atoms with Gasteiger partial charge in [-0.15, -0.1) is 0 Å². The van der Waals surface area contributed by atoms with E-state index in [9.17, 15) is 9.59 Å². The molecule has 5 nitrogen and oxygen atoms in total. The van der Waals surface area contributed by atoms with Gasteiger partial charge in [0.1, 0.15) is 0 Å². The molecule has 0 spiro atoms. The van der Waals surface area contributed by atoms with E-state index in [0.29, 0.717) is 19.5 Å². The Bertz CT molecular complexity index is 293. The fourth-order valence-electron chi connectivity index (χ4n) is 2.48. The molecule has 0 aliphatic carbocycles. The average molecular weight is 226 g/mol. The Hall–Kier alpha value is -1.10. The highest BCUT2D eigenvalue weighted by atomic mass is 16.3. The van der Waals surface area contributed by atoms with E-state index < -0.39 is 0 Å². The van der Waals surface area contributed by atoms with Gasteiger partial charge in [0.05, 0.1) is 19.2 Å². The molecule has 16 heavy (non-hydrogen) atoms. The lowest BCUT2D eigenvalue weighted by Gasteiger charge is -2.25. The monoisotopic (exact) mass is 226 g/mol. The van der Waals surface area contributed by atoms with Crippen molar-refractivity contribution in [3.8, 4) is 0 Å². The van der Waals surface area contributed by atoms with Crippen molar-refractivity contribution in [3.05, 3.63) is 0 Å². The van der Waals surface area contributed by atoms with Crippen LogP contribution in [0.4, 0.5) is 0 Å². The second-order valence-corrected chi connectivity index (χ2v) is 4.48. The largest absolute Gasteiger partial charge is 0.394 e. The highest BCUT2D eigenvalue weighted by Crippen LogP contribution is 2.18. The molecule has 1 N–H and O–H groups in total. The van der Waals surface area contributed by atoms with Gasteiger partial charge in [0.2, 0.25) is 11.8 Å². The number of aliphatic hydroxyl groups excluding tert-OH is 1. The number of aliphatic hydroxyl groups is 1. The summed E-state index contributed by atoms with van der Waals surface area (Å²) in [6, 6.07) is -0.0368. The molecular formula is C11H18N2O3. The Morgan fingerprint density at radius 1 is 1.38 bits per heavy atom. The van der Waals surface area contributed by atoms with Crippen LogP contribution in [0.1, 0.15) is 25.7 Å². The molecule has 2 heterocycles. The van der Waals surface area contributed by atoms with Gasteiger partial charge in [-0.3, -0.25) is 9.59 Å². The molecule has 2 amide bonds. The second kappa shape index (κ2) is 4.82. The number of amides is 2. The van der Waals surface area contributed by atoms with Gasteiger partial charge >= 0.3 is 0 Å². The SMILES string of the molecule is O=C1CCCN1CC(=O)N1CCCC1CO. The lowest BCUT2D eigenvalue weighted by atomic mass is 10.2. The van der Waals surface area contributed by atoms with Gasteiger partial charge in [0.15, 0.2) is 0 Å². The first-order valence-corrected chi connectivity index (χ1v) is 5.90. The van der Waals surface area contributed by atoms with Crippen molar-refractivity contribution in [2.45, 2.75) is 31.7 Å². The Morgan fingerprint density at radius 3 is 2.81 bits per heavy atom. The summed E-state index contributed by atoms with van der Waals surface area (Å²) in [5, 5.41) is 9.12. The first-order chi connectivity index (χ1) is 7.72. The van der Waals surface area contributed by atoms with Crippen LogP contribution in [-0.4, -0.2) is 59.0 Å². The molecule has 2 aliphatic rings. The summed E-state index contributed by atoms with van der Waals surface area (Å²) in [5.74, 6) is 0.0555. The third-order valence-corrected chi connectivity index (χ3v) is 3.41. The van der Waals surface area contributed by atoms with E-state index in [1.807, 2.05) is 0 Å². The Labute approximate surface area is 95.0 Å². The van der Waals surface area contributed by atoms with E-state index in [4.69, 9.17) is 5.11 Å². The molecule has 5 heteroatoms. The lowest BCUT2D eigenvalue weighted by Crippen LogP contribution is -2.44. The standard InChI is InChI=1S/C11H18N2O3/c14-8-9-3-1-6-13(9)11(16)7-12-5-2-4-10(12)15/h9,14H,1-8H2. The zero-order valence-corrected chi connectivity index (χ0v) is 9.39. The van der Waals surface area contributed by atoms with Crippen LogP contribution in [0.2, 0.25) is 0 Å². The highest BCUT2D eigenvalue weighted by Gasteiger charge is 2.30.